The molecule has 4 heteroatoms. The van der Waals surface area contributed by atoms with Crippen LogP contribution in [-0.4, -0.2) is 28.3 Å². The van der Waals surface area contributed by atoms with Crippen molar-refractivity contribution in [2.45, 2.75) is 44.8 Å². The molecule has 1 saturated carbocycles. The maximum absolute atomic E-state index is 9.86. The molecule has 0 amide bonds. The Morgan fingerprint density at radius 1 is 1.67 bits per heavy atom. The molecule has 0 aromatic rings. The third-order valence-corrected chi connectivity index (χ3v) is 2.97. The van der Waals surface area contributed by atoms with Crippen LogP contribution in [0.5, 0.6) is 0 Å². The van der Waals surface area contributed by atoms with Crippen LogP contribution in [-0.2, 0) is 4.79 Å². The predicted octanol–water partition coefficient (Wildman–Crippen LogP) is 0.896. The van der Waals surface area contributed by atoms with Crippen LogP contribution in [0.4, 0.5) is 0 Å². The molecule has 0 radical (unpaired) electrons. The van der Waals surface area contributed by atoms with E-state index in [9.17, 15) is 4.79 Å². The Labute approximate surface area is 89.8 Å². The summed E-state index contributed by atoms with van der Waals surface area (Å²) < 4.78 is 0. The van der Waals surface area contributed by atoms with Gasteiger partial charge in [0.2, 0.25) is 0 Å². The lowest BCUT2D eigenvalue weighted by Crippen LogP contribution is -2.39. The smallest absolute Gasteiger partial charge is 0.323 e. The Kier molecular flexibility index (Phi) is 4.29. The summed E-state index contributed by atoms with van der Waals surface area (Å²) in [7, 11) is 0. The number of nitrogens with two attached hydrogens (primary N) is 1. The van der Waals surface area contributed by atoms with Gasteiger partial charge in [0, 0.05) is 0 Å². The van der Waals surface area contributed by atoms with Gasteiger partial charge in [-0.25, -0.2) is 0 Å². The number of aliphatic carboxylic acids is 1. The molecule has 2 rings (SSSR count). The summed E-state index contributed by atoms with van der Waals surface area (Å²) in [4.78, 5) is 9.86. The second-order valence-electron chi connectivity index (χ2n) is 4.31. The Hall–Kier alpha value is -0.870. The number of carbonyl (C=O) groups is 1. The molecular weight excluding hydrogens is 194 g/mol. The highest BCUT2D eigenvalue weighted by Crippen LogP contribution is 2.38. The molecule has 4 nitrogen and oxygen atoms in total. The van der Waals surface area contributed by atoms with Crippen molar-refractivity contribution in [2.24, 2.45) is 11.7 Å². The number of allylic oxidation sites excluding steroid dienone is 2. The van der Waals surface area contributed by atoms with Crippen molar-refractivity contribution < 1.29 is 15.0 Å². The molecule has 0 heterocycles. The summed E-state index contributed by atoms with van der Waals surface area (Å²) in [5.74, 6) is -0.102. The lowest BCUT2D eigenvalue weighted by Gasteiger charge is -2.06. The first-order chi connectivity index (χ1) is 7.00. The van der Waals surface area contributed by atoms with E-state index >= 15 is 0 Å². The second-order valence-corrected chi connectivity index (χ2v) is 4.31. The maximum atomic E-state index is 9.86. The summed E-state index contributed by atoms with van der Waals surface area (Å²) in [5, 5.41) is 16.6. The fourth-order valence-electron chi connectivity index (χ4n) is 1.89. The van der Waals surface area contributed by atoms with Gasteiger partial charge >= 0.3 is 5.97 Å². The van der Waals surface area contributed by atoms with Crippen molar-refractivity contribution in [3.05, 3.63) is 11.6 Å². The molecule has 2 bridgehead atoms. The van der Waals surface area contributed by atoms with Crippen LogP contribution in [0.3, 0.4) is 0 Å². The van der Waals surface area contributed by atoms with Crippen LogP contribution in [0.1, 0.15) is 32.6 Å². The fourth-order valence-corrected chi connectivity index (χ4v) is 1.89. The molecule has 3 unspecified atom stereocenters. The van der Waals surface area contributed by atoms with E-state index < -0.39 is 18.1 Å². The van der Waals surface area contributed by atoms with Gasteiger partial charge in [0.25, 0.3) is 0 Å². The Bertz CT molecular complexity index is 261. The summed E-state index contributed by atoms with van der Waals surface area (Å²) in [5.41, 5.74) is 6.65. The standard InChI is InChI=1S/C7H10.C4H9NO3/c1-2-7-4-3-6(1)5-7;1-2(6)3(5)4(7)8/h1,7H,2-5H2;2-3,6H,5H2,1H3,(H,7,8). The van der Waals surface area contributed by atoms with E-state index in [4.69, 9.17) is 15.9 Å². The Morgan fingerprint density at radius 2 is 2.33 bits per heavy atom. The third kappa shape index (κ3) is 3.64. The summed E-state index contributed by atoms with van der Waals surface area (Å²) in [6, 6.07) is -1.16. The number of carboxylic acid groups (broad SMARTS) is 1. The molecule has 3 atom stereocenters. The Balaban J connectivity index is 0.000000150. The van der Waals surface area contributed by atoms with Crippen LogP contribution >= 0.6 is 0 Å². The van der Waals surface area contributed by atoms with Crippen molar-refractivity contribution in [1.82, 2.24) is 0 Å². The van der Waals surface area contributed by atoms with Gasteiger partial charge in [-0.05, 0) is 38.5 Å². The van der Waals surface area contributed by atoms with E-state index in [1.165, 1.54) is 32.6 Å². The van der Waals surface area contributed by atoms with Crippen molar-refractivity contribution >= 4 is 5.97 Å². The van der Waals surface area contributed by atoms with Gasteiger partial charge in [-0.1, -0.05) is 11.6 Å². The van der Waals surface area contributed by atoms with Crippen molar-refractivity contribution in [3.8, 4) is 0 Å². The zero-order valence-corrected chi connectivity index (χ0v) is 9.02. The minimum absolute atomic E-state index is 0.979. The van der Waals surface area contributed by atoms with E-state index in [-0.39, 0.29) is 0 Å². The lowest BCUT2D eigenvalue weighted by atomic mass is 10.1. The van der Waals surface area contributed by atoms with Gasteiger partial charge < -0.3 is 15.9 Å². The molecule has 15 heavy (non-hydrogen) atoms. The first kappa shape index (κ1) is 12.2. The number of rotatable bonds is 2. The molecule has 0 spiro atoms. The van der Waals surface area contributed by atoms with Gasteiger partial charge in [0.1, 0.15) is 6.04 Å². The number of fused-ring (bicyclic) bond motifs is 2. The zero-order valence-electron chi connectivity index (χ0n) is 9.02. The van der Waals surface area contributed by atoms with E-state index in [1.807, 2.05) is 0 Å². The highest BCUT2D eigenvalue weighted by atomic mass is 16.4. The van der Waals surface area contributed by atoms with Crippen molar-refractivity contribution in [3.63, 3.8) is 0 Å². The molecule has 1 fully saturated rings. The van der Waals surface area contributed by atoms with Crippen LogP contribution < -0.4 is 5.73 Å². The summed E-state index contributed by atoms with van der Waals surface area (Å²) in [6.45, 7) is 1.33. The molecule has 4 N–H and O–H groups in total. The molecule has 0 aliphatic heterocycles. The number of hydrogen-bond acceptors (Lipinski definition) is 3. The quantitative estimate of drug-likeness (QED) is 0.595. The van der Waals surface area contributed by atoms with Gasteiger partial charge in [-0.2, -0.15) is 0 Å². The van der Waals surface area contributed by atoms with Crippen LogP contribution in [0.15, 0.2) is 11.6 Å². The van der Waals surface area contributed by atoms with Gasteiger partial charge in [-0.3, -0.25) is 4.79 Å². The van der Waals surface area contributed by atoms with Gasteiger partial charge in [0.15, 0.2) is 0 Å². The highest BCUT2D eigenvalue weighted by Gasteiger charge is 2.23. The first-order valence-electron chi connectivity index (χ1n) is 5.35. The topological polar surface area (TPSA) is 83.5 Å². The minimum atomic E-state index is -1.18. The predicted molar refractivity (Wildman–Crippen MR) is 57.3 cm³/mol. The van der Waals surface area contributed by atoms with Crippen molar-refractivity contribution in [2.75, 3.05) is 0 Å². The summed E-state index contributed by atoms with van der Waals surface area (Å²) in [6.07, 6.45) is 7.20. The highest BCUT2D eigenvalue weighted by molar-refractivity contribution is 5.73. The normalized spacial score (nSPS) is 26.3. The average Bonchev–Trinajstić information content (AvgIpc) is 2.80. The van der Waals surface area contributed by atoms with Crippen LogP contribution in [0.2, 0.25) is 0 Å². The van der Waals surface area contributed by atoms with Gasteiger partial charge in [-0.15, -0.1) is 0 Å². The average molecular weight is 213 g/mol. The maximum Gasteiger partial charge on any atom is 0.323 e. The molecule has 2 aliphatic rings. The SMILES string of the molecule is C1=C2CCC(C1)C2.CC(O)C(N)C(=O)O. The lowest BCUT2D eigenvalue weighted by molar-refractivity contribution is -0.140. The van der Waals surface area contributed by atoms with E-state index in [0.717, 1.165) is 5.92 Å². The molecule has 0 aromatic heterocycles. The number of aliphatic hydroxyl groups excluding tert-OH is 1. The van der Waals surface area contributed by atoms with E-state index in [1.54, 1.807) is 5.57 Å². The first-order valence-corrected chi connectivity index (χ1v) is 5.35. The monoisotopic (exact) mass is 213 g/mol. The molecule has 0 saturated heterocycles. The number of aliphatic hydroxyl groups is 1. The van der Waals surface area contributed by atoms with Gasteiger partial charge in [0.05, 0.1) is 6.10 Å². The molecule has 0 aromatic carbocycles. The Morgan fingerprint density at radius 3 is 2.40 bits per heavy atom. The second kappa shape index (κ2) is 5.28. The van der Waals surface area contributed by atoms with Crippen LogP contribution in [0.25, 0.3) is 0 Å². The van der Waals surface area contributed by atoms with E-state index in [2.05, 4.69) is 6.08 Å². The fraction of sp³-hybridized carbons (Fsp3) is 0.727. The molecule has 2 aliphatic carbocycles. The largest absolute Gasteiger partial charge is 0.480 e. The molecular formula is C11H19NO3. The van der Waals surface area contributed by atoms with Crippen LogP contribution in [0, 0.1) is 5.92 Å². The zero-order chi connectivity index (χ0) is 11.4. The number of hydrogen-bond donors (Lipinski definition) is 3. The summed E-state index contributed by atoms with van der Waals surface area (Å²) >= 11 is 0. The third-order valence-electron chi connectivity index (χ3n) is 2.97. The van der Waals surface area contributed by atoms with Crippen molar-refractivity contribution in [1.29, 1.82) is 0 Å². The minimum Gasteiger partial charge on any atom is -0.480 e. The molecule has 86 valence electrons. The number of carboxylic acids is 1. The van der Waals surface area contributed by atoms with E-state index in [0.29, 0.717) is 0 Å².